The SMILES string of the molecule is O=C1Nc2ccccc2Oc2ccc(OS(=O)(=O)C(F)(F)F)cc21. The first kappa shape index (κ1) is 16.1. The molecule has 2 aromatic carbocycles. The van der Waals surface area contributed by atoms with Crippen LogP contribution in [0.5, 0.6) is 17.2 Å². The Morgan fingerprint density at radius 2 is 1.75 bits per heavy atom. The molecule has 6 nitrogen and oxygen atoms in total. The Morgan fingerprint density at radius 3 is 2.46 bits per heavy atom. The quantitative estimate of drug-likeness (QED) is 0.657. The molecule has 2 aromatic rings. The largest absolute Gasteiger partial charge is 0.534 e. The second-order valence-corrected chi connectivity index (χ2v) is 6.23. The molecule has 0 bridgehead atoms. The summed E-state index contributed by atoms with van der Waals surface area (Å²) in [6, 6.07) is 9.46. The highest BCUT2D eigenvalue weighted by Gasteiger charge is 2.48. The van der Waals surface area contributed by atoms with E-state index in [0.29, 0.717) is 11.4 Å². The third-order valence-electron chi connectivity index (χ3n) is 3.04. The Bertz CT molecular complexity index is 924. The summed E-state index contributed by atoms with van der Waals surface area (Å²) >= 11 is 0. The van der Waals surface area contributed by atoms with Crippen molar-refractivity contribution in [2.45, 2.75) is 5.51 Å². The molecule has 0 spiro atoms. The van der Waals surface area contributed by atoms with Gasteiger partial charge in [0.15, 0.2) is 5.75 Å². The summed E-state index contributed by atoms with van der Waals surface area (Å²) in [7, 11) is -5.83. The van der Waals surface area contributed by atoms with Gasteiger partial charge in [-0.25, -0.2) is 0 Å². The van der Waals surface area contributed by atoms with E-state index in [9.17, 15) is 26.4 Å². The average molecular weight is 359 g/mol. The second kappa shape index (κ2) is 5.41. The zero-order valence-corrected chi connectivity index (χ0v) is 12.4. The van der Waals surface area contributed by atoms with Crippen LogP contribution in [0, 0.1) is 0 Å². The number of benzene rings is 2. The van der Waals surface area contributed by atoms with E-state index in [4.69, 9.17) is 4.74 Å². The third kappa shape index (κ3) is 2.87. The molecule has 1 N–H and O–H groups in total. The van der Waals surface area contributed by atoms with Crippen molar-refractivity contribution in [2.24, 2.45) is 0 Å². The van der Waals surface area contributed by atoms with Crippen molar-refractivity contribution < 1.29 is 35.3 Å². The normalized spacial score (nSPS) is 13.9. The fourth-order valence-electron chi connectivity index (χ4n) is 1.97. The molecule has 0 saturated carbocycles. The van der Waals surface area contributed by atoms with E-state index in [1.54, 1.807) is 24.3 Å². The predicted octanol–water partition coefficient (Wildman–Crippen LogP) is 3.27. The highest BCUT2D eigenvalue weighted by atomic mass is 32.2. The van der Waals surface area contributed by atoms with Crippen LogP contribution < -0.4 is 14.2 Å². The van der Waals surface area contributed by atoms with Crippen molar-refractivity contribution >= 4 is 21.7 Å². The number of alkyl halides is 3. The number of rotatable bonds is 2. The van der Waals surface area contributed by atoms with Gasteiger partial charge < -0.3 is 14.2 Å². The van der Waals surface area contributed by atoms with E-state index in [1.807, 2.05) is 0 Å². The Hall–Kier alpha value is -2.75. The molecule has 0 atom stereocenters. The van der Waals surface area contributed by atoms with Crippen molar-refractivity contribution in [2.75, 3.05) is 5.32 Å². The number of hydrogen-bond acceptors (Lipinski definition) is 5. The van der Waals surface area contributed by atoms with Crippen LogP contribution in [0.3, 0.4) is 0 Å². The summed E-state index contributed by atoms with van der Waals surface area (Å²) in [6.45, 7) is 0. The van der Waals surface area contributed by atoms with Crippen LogP contribution in [0.15, 0.2) is 42.5 Å². The molecular weight excluding hydrogens is 351 g/mol. The van der Waals surface area contributed by atoms with Crippen LogP contribution in [0.2, 0.25) is 0 Å². The maximum Gasteiger partial charge on any atom is 0.534 e. The topological polar surface area (TPSA) is 81.7 Å². The predicted molar refractivity (Wildman–Crippen MR) is 76.5 cm³/mol. The highest BCUT2D eigenvalue weighted by molar-refractivity contribution is 7.88. The Balaban J connectivity index is 1.98. The van der Waals surface area contributed by atoms with Crippen LogP contribution >= 0.6 is 0 Å². The minimum atomic E-state index is -5.83. The van der Waals surface area contributed by atoms with Crippen LogP contribution in [-0.2, 0) is 10.1 Å². The van der Waals surface area contributed by atoms with Crippen molar-refractivity contribution in [3.63, 3.8) is 0 Å². The highest BCUT2D eigenvalue weighted by Crippen LogP contribution is 2.37. The molecule has 0 saturated heterocycles. The summed E-state index contributed by atoms with van der Waals surface area (Å²) in [5.41, 5.74) is -5.38. The first-order valence-corrected chi connectivity index (χ1v) is 7.81. The van der Waals surface area contributed by atoms with Crippen molar-refractivity contribution in [3.8, 4) is 17.2 Å². The first-order chi connectivity index (χ1) is 11.2. The number of carbonyl (C=O) groups is 1. The summed E-state index contributed by atoms with van der Waals surface area (Å²) < 4.78 is 68.7. The molecular formula is C14H8F3NO5S. The van der Waals surface area contributed by atoms with Crippen LogP contribution in [0.25, 0.3) is 0 Å². The first-order valence-electron chi connectivity index (χ1n) is 6.40. The Kier molecular flexibility index (Phi) is 3.63. The molecule has 0 unspecified atom stereocenters. The molecule has 126 valence electrons. The minimum Gasteiger partial charge on any atom is -0.454 e. The van der Waals surface area contributed by atoms with E-state index in [-0.39, 0.29) is 11.3 Å². The van der Waals surface area contributed by atoms with Crippen LogP contribution in [0.1, 0.15) is 10.4 Å². The van der Waals surface area contributed by atoms with Gasteiger partial charge in [0, 0.05) is 0 Å². The van der Waals surface area contributed by atoms with E-state index in [0.717, 1.165) is 18.2 Å². The van der Waals surface area contributed by atoms with Gasteiger partial charge in [-0.15, -0.1) is 0 Å². The van der Waals surface area contributed by atoms with Crippen molar-refractivity contribution in [1.82, 2.24) is 0 Å². The molecule has 0 radical (unpaired) electrons. The van der Waals surface area contributed by atoms with E-state index in [1.165, 1.54) is 0 Å². The molecule has 1 aliphatic rings. The lowest BCUT2D eigenvalue weighted by molar-refractivity contribution is -0.0500. The van der Waals surface area contributed by atoms with E-state index in [2.05, 4.69) is 9.50 Å². The van der Waals surface area contributed by atoms with Gasteiger partial charge in [0.2, 0.25) is 0 Å². The summed E-state index contributed by atoms with van der Waals surface area (Å²) in [5.74, 6) is -0.948. The number of anilines is 1. The number of nitrogens with one attached hydrogen (secondary N) is 1. The number of carbonyl (C=O) groups excluding carboxylic acids is 1. The molecule has 1 aliphatic heterocycles. The molecule has 1 heterocycles. The lowest BCUT2D eigenvalue weighted by atomic mass is 10.2. The van der Waals surface area contributed by atoms with Gasteiger partial charge in [-0.05, 0) is 30.3 Å². The van der Waals surface area contributed by atoms with Gasteiger partial charge >= 0.3 is 15.6 Å². The van der Waals surface area contributed by atoms with Crippen LogP contribution in [0.4, 0.5) is 18.9 Å². The number of ether oxygens (including phenoxy) is 1. The van der Waals surface area contributed by atoms with Crippen molar-refractivity contribution in [1.29, 1.82) is 0 Å². The zero-order chi connectivity index (χ0) is 17.5. The summed E-state index contributed by atoms with van der Waals surface area (Å²) in [5, 5.41) is 2.51. The van der Waals surface area contributed by atoms with Gasteiger partial charge in [0.25, 0.3) is 5.91 Å². The Labute approximate surface area is 133 Å². The fourth-order valence-corrected chi connectivity index (χ4v) is 2.42. The van der Waals surface area contributed by atoms with E-state index >= 15 is 0 Å². The number of fused-ring (bicyclic) bond motifs is 2. The summed E-state index contributed by atoms with van der Waals surface area (Å²) in [4.78, 5) is 12.2. The maximum absolute atomic E-state index is 12.4. The molecule has 0 fully saturated rings. The smallest absolute Gasteiger partial charge is 0.454 e. The molecule has 1 amide bonds. The lowest BCUT2D eigenvalue weighted by Gasteiger charge is -2.11. The number of halogens is 3. The molecule has 0 aromatic heterocycles. The van der Waals surface area contributed by atoms with Gasteiger partial charge in [-0.2, -0.15) is 21.6 Å². The average Bonchev–Trinajstić information content (AvgIpc) is 2.62. The van der Waals surface area contributed by atoms with Gasteiger partial charge in [-0.1, -0.05) is 12.1 Å². The van der Waals surface area contributed by atoms with Crippen LogP contribution in [-0.4, -0.2) is 19.8 Å². The third-order valence-corrected chi connectivity index (χ3v) is 4.02. The monoisotopic (exact) mass is 359 g/mol. The second-order valence-electron chi connectivity index (χ2n) is 4.69. The lowest BCUT2D eigenvalue weighted by Crippen LogP contribution is -2.28. The fraction of sp³-hybridized carbons (Fsp3) is 0.0714. The van der Waals surface area contributed by atoms with Crippen molar-refractivity contribution in [3.05, 3.63) is 48.0 Å². The van der Waals surface area contributed by atoms with Gasteiger partial charge in [-0.3, -0.25) is 4.79 Å². The van der Waals surface area contributed by atoms with E-state index < -0.39 is 27.3 Å². The molecule has 3 rings (SSSR count). The summed E-state index contributed by atoms with van der Waals surface area (Å²) in [6.07, 6.45) is 0. The van der Waals surface area contributed by atoms with Gasteiger partial charge in [0.1, 0.15) is 11.5 Å². The number of hydrogen-bond donors (Lipinski definition) is 1. The molecule has 10 heteroatoms. The molecule has 0 aliphatic carbocycles. The number of amides is 1. The van der Waals surface area contributed by atoms with Gasteiger partial charge in [0.05, 0.1) is 11.3 Å². The standard InChI is InChI=1S/C14H8F3NO5S/c15-14(16,17)24(20,21)23-8-5-6-11-9(7-8)13(19)18-10-3-1-2-4-12(10)22-11/h1-7H,(H,18,19). The number of para-hydroxylation sites is 2. The zero-order valence-electron chi connectivity index (χ0n) is 11.6. The Morgan fingerprint density at radius 1 is 1.04 bits per heavy atom. The minimum absolute atomic E-state index is 0.0502. The molecule has 24 heavy (non-hydrogen) atoms. The maximum atomic E-state index is 12.4.